The molecule has 1 aromatic rings. The molecule has 1 N–H and O–H groups in total. The number of amides is 1. The molecule has 0 aliphatic carbocycles. The Morgan fingerprint density at radius 3 is 2.57 bits per heavy atom. The molecule has 1 fully saturated rings. The van der Waals surface area contributed by atoms with E-state index in [4.69, 9.17) is 5.26 Å². The van der Waals surface area contributed by atoms with Gasteiger partial charge in [0.05, 0.1) is 11.0 Å². The van der Waals surface area contributed by atoms with Gasteiger partial charge in [0.2, 0.25) is 15.9 Å². The summed E-state index contributed by atoms with van der Waals surface area (Å²) < 4.78 is 26.4. The summed E-state index contributed by atoms with van der Waals surface area (Å²) in [6.07, 6.45) is 2.20. The van der Waals surface area contributed by atoms with Gasteiger partial charge < -0.3 is 5.32 Å². The van der Waals surface area contributed by atoms with E-state index in [1.807, 2.05) is 0 Å². The van der Waals surface area contributed by atoms with E-state index in [9.17, 15) is 13.2 Å². The lowest BCUT2D eigenvalue weighted by atomic mass is 10.1. The summed E-state index contributed by atoms with van der Waals surface area (Å²) in [6, 6.07) is 7.44. The first-order valence-electron chi connectivity index (χ1n) is 6.74. The lowest BCUT2D eigenvalue weighted by molar-refractivity contribution is -0.114. The van der Waals surface area contributed by atoms with Crippen LogP contribution in [0.15, 0.2) is 29.2 Å². The van der Waals surface area contributed by atoms with Crippen LogP contribution in [0.25, 0.3) is 0 Å². The van der Waals surface area contributed by atoms with Crippen LogP contribution in [0.2, 0.25) is 0 Å². The Labute approximate surface area is 124 Å². The van der Waals surface area contributed by atoms with Crippen LogP contribution in [0.3, 0.4) is 0 Å². The van der Waals surface area contributed by atoms with Gasteiger partial charge >= 0.3 is 0 Å². The number of sulfonamides is 1. The van der Waals surface area contributed by atoms with Crippen LogP contribution in [-0.2, 0) is 14.8 Å². The predicted molar refractivity (Wildman–Crippen MR) is 77.9 cm³/mol. The smallest absolute Gasteiger partial charge is 0.244 e. The van der Waals surface area contributed by atoms with Crippen molar-refractivity contribution in [2.45, 2.75) is 37.1 Å². The fourth-order valence-corrected chi connectivity index (χ4v) is 3.98. The van der Waals surface area contributed by atoms with Gasteiger partial charge in [-0.1, -0.05) is 0 Å². The van der Waals surface area contributed by atoms with E-state index >= 15 is 0 Å². The topological polar surface area (TPSA) is 90.3 Å². The van der Waals surface area contributed by atoms with Crippen LogP contribution < -0.4 is 5.32 Å². The highest BCUT2D eigenvalue weighted by molar-refractivity contribution is 7.89. The summed E-state index contributed by atoms with van der Waals surface area (Å²) in [7, 11) is -3.67. The number of carbonyl (C=O) groups is 1. The van der Waals surface area contributed by atoms with Crippen molar-refractivity contribution >= 4 is 21.6 Å². The van der Waals surface area contributed by atoms with Gasteiger partial charge in [0, 0.05) is 19.2 Å². The minimum Gasteiger partial charge on any atom is -0.326 e. The summed E-state index contributed by atoms with van der Waals surface area (Å²) in [5, 5.41) is 11.7. The molecule has 1 amide bonds. The zero-order chi connectivity index (χ0) is 15.5. The summed E-state index contributed by atoms with van der Waals surface area (Å²) in [5.41, 5.74) is 0.539. The van der Waals surface area contributed by atoms with E-state index < -0.39 is 16.1 Å². The van der Waals surface area contributed by atoms with Gasteiger partial charge in [0.1, 0.15) is 6.04 Å². The number of hydrogen-bond acceptors (Lipinski definition) is 4. The molecule has 1 aromatic carbocycles. The van der Waals surface area contributed by atoms with E-state index in [1.54, 1.807) is 12.1 Å². The highest BCUT2D eigenvalue weighted by Crippen LogP contribution is 2.25. The minimum absolute atomic E-state index is 0.138. The second kappa shape index (κ2) is 6.24. The van der Waals surface area contributed by atoms with Crippen molar-refractivity contribution in [1.29, 1.82) is 5.26 Å². The largest absolute Gasteiger partial charge is 0.326 e. The standard InChI is InChI=1S/C14H17N3O3S/c1-11(18)16-12-5-7-14(8-6-12)21(19,20)17-9-3-2-4-13(17)10-15/h5-8,13H,2-4,9H2,1H3,(H,16,18). The van der Waals surface area contributed by atoms with Gasteiger partial charge in [-0.2, -0.15) is 9.57 Å². The summed E-state index contributed by atoms with van der Waals surface area (Å²) in [6.45, 7) is 1.75. The number of rotatable bonds is 3. The van der Waals surface area contributed by atoms with Gasteiger partial charge in [0.15, 0.2) is 0 Å². The van der Waals surface area contributed by atoms with E-state index in [1.165, 1.54) is 23.4 Å². The lowest BCUT2D eigenvalue weighted by Crippen LogP contribution is -2.42. The number of anilines is 1. The fourth-order valence-electron chi connectivity index (χ4n) is 2.37. The molecule has 7 heteroatoms. The first-order valence-corrected chi connectivity index (χ1v) is 8.18. The molecule has 1 aliphatic rings. The highest BCUT2D eigenvalue weighted by Gasteiger charge is 2.33. The molecule has 1 aliphatic heterocycles. The molecule has 1 heterocycles. The second-order valence-electron chi connectivity index (χ2n) is 4.96. The van der Waals surface area contributed by atoms with Gasteiger partial charge in [-0.15, -0.1) is 0 Å². The third-order valence-electron chi connectivity index (χ3n) is 3.38. The number of nitrogens with one attached hydrogen (secondary N) is 1. The van der Waals surface area contributed by atoms with E-state index in [-0.39, 0.29) is 10.8 Å². The molecule has 6 nitrogen and oxygen atoms in total. The number of nitriles is 1. The molecule has 112 valence electrons. The molecule has 0 saturated carbocycles. The SMILES string of the molecule is CC(=O)Nc1ccc(S(=O)(=O)N2CCCCC2C#N)cc1. The van der Waals surface area contributed by atoms with E-state index in [2.05, 4.69) is 11.4 Å². The molecule has 0 bridgehead atoms. The summed E-state index contributed by atoms with van der Waals surface area (Å²) in [4.78, 5) is 11.1. The summed E-state index contributed by atoms with van der Waals surface area (Å²) >= 11 is 0. The fraction of sp³-hybridized carbons (Fsp3) is 0.429. The molecule has 1 atom stereocenters. The number of benzene rings is 1. The highest BCUT2D eigenvalue weighted by atomic mass is 32.2. The van der Waals surface area contributed by atoms with Crippen LogP contribution in [0.5, 0.6) is 0 Å². The Hall–Kier alpha value is -1.91. The molecule has 1 saturated heterocycles. The molecule has 1 unspecified atom stereocenters. The van der Waals surface area contributed by atoms with E-state index in [0.717, 1.165) is 12.8 Å². The normalized spacial score (nSPS) is 19.7. The maximum atomic E-state index is 12.6. The van der Waals surface area contributed by atoms with Gasteiger partial charge in [-0.3, -0.25) is 4.79 Å². The molecule has 0 aromatic heterocycles. The maximum absolute atomic E-state index is 12.6. The van der Waals surface area contributed by atoms with Crippen molar-refractivity contribution in [3.63, 3.8) is 0 Å². The van der Waals surface area contributed by atoms with Crippen LogP contribution in [0, 0.1) is 11.3 Å². The zero-order valence-electron chi connectivity index (χ0n) is 11.7. The first-order chi connectivity index (χ1) is 9.95. The van der Waals surface area contributed by atoms with Crippen LogP contribution >= 0.6 is 0 Å². The monoisotopic (exact) mass is 307 g/mol. The number of piperidine rings is 1. The van der Waals surface area contributed by atoms with Crippen LogP contribution in [0.4, 0.5) is 5.69 Å². The van der Waals surface area contributed by atoms with E-state index in [0.29, 0.717) is 18.7 Å². The Kier molecular flexibility index (Phi) is 4.60. The number of hydrogen-bond donors (Lipinski definition) is 1. The quantitative estimate of drug-likeness (QED) is 0.920. The lowest BCUT2D eigenvalue weighted by Gasteiger charge is -2.30. The van der Waals surface area contributed by atoms with Crippen molar-refractivity contribution in [2.24, 2.45) is 0 Å². The Bertz CT molecular complexity index is 662. The van der Waals surface area contributed by atoms with Gasteiger partial charge in [-0.25, -0.2) is 8.42 Å². The number of carbonyl (C=O) groups excluding carboxylic acids is 1. The molecule has 21 heavy (non-hydrogen) atoms. The molecule has 0 spiro atoms. The van der Waals surface area contributed by atoms with Gasteiger partial charge in [0.25, 0.3) is 0 Å². The van der Waals surface area contributed by atoms with Crippen molar-refractivity contribution in [3.05, 3.63) is 24.3 Å². The second-order valence-corrected chi connectivity index (χ2v) is 6.85. The van der Waals surface area contributed by atoms with Gasteiger partial charge in [-0.05, 0) is 43.5 Å². The number of nitrogens with zero attached hydrogens (tertiary/aromatic N) is 2. The third kappa shape index (κ3) is 3.40. The van der Waals surface area contributed by atoms with Crippen LogP contribution in [0.1, 0.15) is 26.2 Å². The average Bonchev–Trinajstić information content (AvgIpc) is 2.47. The summed E-state index contributed by atoms with van der Waals surface area (Å²) in [5.74, 6) is -0.216. The van der Waals surface area contributed by atoms with Crippen molar-refractivity contribution < 1.29 is 13.2 Å². The Balaban J connectivity index is 2.26. The van der Waals surface area contributed by atoms with Crippen LogP contribution in [-0.4, -0.2) is 31.2 Å². The molecular formula is C14H17N3O3S. The Morgan fingerprint density at radius 2 is 2.00 bits per heavy atom. The minimum atomic E-state index is -3.67. The maximum Gasteiger partial charge on any atom is 0.244 e. The molecular weight excluding hydrogens is 290 g/mol. The van der Waals surface area contributed by atoms with Crippen molar-refractivity contribution in [3.8, 4) is 6.07 Å². The average molecular weight is 307 g/mol. The molecule has 0 radical (unpaired) electrons. The zero-order valence-corrected chi connectivity index (χ0v) is 12.6. The third-order valence-corrected chi connectivity index (χ3v) is 5.31. The first kappa shape index (κ1) is 15.5. The van der Waals surface area contributed by atoms with Crippen molar-refractivity contribution in [2.75, 3.05) is 11.9 Å². The van der Waals surface area contributed by atoms with Crippen molar-refractivity contribution in [1.82, 2.24) is 4.31 Å². The molecule has 2 rings (SSSR count). The predicted octanol–water partition coefficient (Wildman–Crippen LogP) is 1.71. The Morgan fingerprint density at radius 1 is 1.33 bits per heavy atom.